The first kappa shape index (κ1) is 13.6. The second-order valence-corrected chi connectivity index (χ2v) is 4.63. The lowest BCUT2D eigenvalue weighted by atomic mass is 10.2. The summed E-state index contributed by atoms with van der Waals surface area (Å²) in [6.45, 7) is 0. The second-order valence-electron chi connectivity index (χ2n) is 3.81. The first-order valence-electron chi connectivity index (χ1n) is 5.29. The lowest BCUT2D eigenvalue weighted by Crippen LogP contribution is -2.12. The maximum absolute atomic E-state index is 13.1. The van der Waals surface area contributed by atoms with Gasteiger partial charge in [0.1, 0.15) is 5.82 Å². The van der Waals surface area contributed by atoms with Crippen LogP contribution in [0.1, 0.15) is 10.4 Å². The largest absolute Gasteiger partial charge is 0.398 e. The van der Waals surface area contributed by atoms with E-state index in [2.05, 4.69) is 5.32 Å². The Morgan fingerprint density at radius 1 is 1.11 bits per heavy atom. The summed E-state index contributed by atoms with van der Waals surface area (Å²) in [5.41, 5.74) is 6.40. The number of rotatable bonds is 2. The molecule has 0 heterocycles. The van der Waals surface area contributed by atoms with Crippen LogP contribution in [0.3, 0.4) is 0 Å². The predicted octanol–water partition coefficient (Wildman–Crippen LogP) is 3.97. The lowest BCUT2D eigenvalue weighted by Gasteiger charge is -2.08. The van der Waals surface area contributed by atoms with Crippen molar-refractivity contribution in [1.29, 1.82) is 0 Å². The number of amides is 1. The van der Waals surface area contributed by atoms with E-state index in [1.807, 2.05) is 0 Å². The summed E-state index contributed by atoms with van der Waals surface area (Å²) in [5, 5.41) is 3.11. The Balaban J connectivity index is 2.25. The molecule has 0 aromatic heterocycles. The summed E-state index contributed by atoms with van der Waals surface area (Å²) in [5.74, 6) is -0.939. The Kier molecular flexibility index (Phi) is 3.93. The number of carbonyl (C=O) groups excluding carboxylic acids is 1. The van der Waals surface area contributed by atoms with E-state index in [0.717, 1.165) is 6.07 Å². The van der Waals surface area contributed by atoms with Crippen LogP contribution in [0.2, 0.25) is 10.0 Å². The van der Waals surface area contributed by atoms with Gasteiger partial charge in [0.05, 0.1) is 21.4 Å². The number of carbonyl (C=O) groups is 1. The van der Waals surface area contributed by atoms with E-state index in [0.29, 0.717) is 16.3 Å². The molecule has 2 rings (SSSR count). The number of nitrogen functional groups attached to an aromatic ring is 1. The van der Waals surface area contributed by atoms with Gasteiger partial charge >= 0.3 is 0 Å². The molecular formula is C13H9Cl2FN2O. The molecule has 2 aromatic carbocycles. The van der Waals surface area contributed by atoms with Gasteiger partial charge in [-0.05, 0) is 36.4 Å². The molecule has 1 amide bonds. The number of nitrogens with one attached hydrogen (secondary N) is 1. The molecule has 0 saturated heterocycles. The van der Waals surface area contributed by atoms with Crippen LogP contribution in [0.15, 0.2) is 36.4 Å². The van der Waals surface area contributed by atoms with Gasteiger partial charge in [-0.25, -0.2) is 4.39 Å². The molecule has 0 saturated carbocycles. The minimum Gasteiger partial charge on any atom is -0.398 e. The van der Waals surface area contributed by atoms with Crippen LogP contribution in [0, 0.1) is 5.82 Å². The fourth-order valence-electron chi connectivity index (χ4n) is 1.47. The molecule has 0 aliphatic heterocycles. The molecule has 0 spiro atoms. The van der Waals surface area contributed by atoms with Gasteiger partial charge in [-0.15, -0.1) is 0 Å². The normalized spacial score (nSPS) is 10.3. The Labute approximate surface area is 119 Å². The van der Waals surface area contributed by atoms with Crippen LogP contribution in [-0.2, 0) is 0 Å². The van der Waals surface area contributed by atoms with E-state index in [-0.39, 0.29) is 10.7 Å². The standard InChI is InChI=1S/C13H9Cl2FN2O/c14-9-3-1-7(5-11(9)17)13(19)18-12-6-8(16)2-4-10(12)15/h1-6H,17H2,(H,18,19). The van der Waals surface area contributed by atoms with E-state index in [1.54, 1.807) is 0 Å². The van der Waals surface area contributed by atoms with E-state index >= 15 is 0 Å². The van der Waals surface area contributed by atoms with E-state index in [9.17, 15) is 9.18 Å². The Morgan fingerprint density at radius 3 is 2.47 bits per heavy atom. The highest BCUT2D eigenvalue weighted by Crippen LogP contribution is 2.24. The van der Waals surface area contributed by atoms with E-state index in [4.69, 9.17) is 28.9 Å². The van der Waals surface area contributed by atoms with Crippen molar-refractivity contribution in [1.82, 2.24) is 0 Å². The van der Waals surface area contributed by atoms with E-state index < -0.39 is 11.7 Å². The van der Waals surface area contributed by atoms with Crippen molar-refractivity contribution in [2.45, 2.75) is 0 Å². The third kappa shape index (κ3) is 3.16. The van der Waals surface area contributed by atoms with Gasteiger partial charge in [0.2, 0.25) is 0 Å². The minimum atomic E-state index is -0.490. The molecule has 19 heavy (non-hydrogen) atoms. The molecule has 0 bridgehead atoms. The SMILES string of the molecule is Nc1cc(C(=O)Nc2cc(F)ccc2Cl)ccc1Cl. The summed E-state index contributed by atoms with van der Waals surface area (Å²) >= 11 is 11.6. The lowest BCUT2D eigenvalue weighted by molar-refractivity contribution is 0.102. The van der Waals surface area contributed by atoms with E-state index in [1.165, 1.54) is 30.3 Å². The summed E-state index contributed by atoms with van der Waals surface area (Å²) in [7, 11) is 0. The Morgan fingerprint density at radius 2 is 1.79 bits per heavy atom. The van der Waals surface area contributed by atoms with Gasteiger partial charge in [0, 0.05) is 5.56 Å². The quantitative estimate of drug-likeness (QED) is 0.824. The zero-order valence-electron chi connectivity index (χ0n) is 9.58. The molecule has 0 radical (unpaired) electrons. The minimum absolute atomic E-state index is 0.195. The number of benzene rings is 2. The fourth-order valence-corrected chi connectivity index (χ4v) is 1.76. The Bertz CT molecular complexity index is 647. The smallest absolute Gasteiger partial charge is 0.255 e. The first-order valence-corrected chi connectivity index (χ1v) is 6.04. The fraction of sp³-hybridized carbons (Fsp3) is 0. The van der Waals surface area contributed by atoms with Crippen molar-refractivity contribution in [3.8, 4) is 0 Å². The summed E-state index contributed by atoms with van der Waals surface area (Å²) in [6.07, 6.45) is 0. The molecule has 0 atom stereocenters. The van der Waals surface area contributed by atoms with Crippen molar-refractivity contribution in [2.24, 2.45) is 0 Å². The molecular weight excluding hydrogens is 290 g/mol. The van der Waals surface area contributed by atoms with Gasteiger partial charge < -0.3 is 11.1 Å². The maximum Gasteiger partial charge on any atom is 0.255 e. The number of hydrogen-bond acceptors (Lipinski definition) is 2. The molecule has 3 N–H and O–H groups in total. The number of anilines is 2. The van der Waals surface area contributed by atoms with Gasteiger partial charge in [-0.1, -0.05) is 23.2 Å². The van der Waals surface area contributed by atoms with Crippen LogP contribution in [0.5, 0.6) is 0 Å². The van der Waals surface area contributed by atoms with Crippen molar-refractivity contribution in [3.63, 3.8) is 0 Å². The number of nitrogens with two attached hydrogens (primary N) is 1. The average molecular weight is 299 g/mol. The third-order valence-electron chi connectivity index (χ3n) is 2.43. The first-order chi connectivity index (χ1) is 8.97. The summed E-state index contributed by atoms with van der Waals surface area (Å²) in [4.78, 5) is 12.0. The van der Waals surface area contributed by atoms with Crippen molar-refractivity contribution >= 4 is 40.5 Å². The van der Waals surface area contributed by atoms with Crippen LogP contribution >= 0.6 is 23.2 Å². The molecule has 0 aliphatic carbocycles. The topological polar surface area (TPSA) is 55.1 Å². The van der Waals surface area contributed by atoms with Crippen LogP contribution < -0.4 is 11.1 Å². The Hall–Kier alpha value is -1.78. The highest BCUT2D eigenvalue weighted by molar-refractivity contribution is 6.34. The van der Waals surface area contributed by atoms with Gasteiger partial charge in [0.15, 0.2) is 0 Å². The highest BCUT2D eigenvalue weighted by atomic mass is 35.5. The van der Waals surface area contributed by atoms with Crippen LogP contribution in [0.4, 0.5) is 15.8 Å². The molecule has 0 aliphatic rings. The van der Waals surface area contributed by atoms with Crippen molar-refractivity contribution in [2.75, 3.05) is 11.1 Å². The van der Waals surface area contributed by atoms with Gasteiger partial charge in [0.25, 0.3) is 5.91 Å². The third-order valence-corrected chi connectivity index (χ3v) is 3.11. The molecule has 6 heteroatoms. The second kappa shape index (κ2) is 5.47. The molecule has 0 unspecified atom stereocenters. The molecule has 98 valence electrons. The van der Waals surface area contributed by atoms with Crippen molar-refractivity contribution < 1.29 is 9.18 Å². The maximum atomic E-state index is 13.1. The van der Waals surface area contributed by atoms with Crippen LogP contribution in [0.25, 0.3) is 0 Å². The molecule has 2 aromatic rings. The summed E-state index contributed by atoms with van der Waals surface area (Å²) in [6, 6.07) is 8.17. The summed E-state index contributed by atoms with van der Waals surface area (Å²) < 4.78 is 13.1. The van der Waals surface area contributed by atoms with Crippen molar-refractivity contribution in [3.05, 3.63) is 57.8 Å². The van der Waals surface area contributed by atoms with Crippen LogP contribution in [-0.4, -0.2) is 5.91 Å². The predicted molar refractivity (Wildman–Crippen MR) is 75.2 cm³/mol. The number of halogens is 3. The van der Waals surface area contributed by atoms with Gasteiger partial charge in [-0.3, -0.25) is 4.79 Å². The monoisotopic (exact) mass is 298 g/mol. The molecule has 3 nitrogen and oxygen atoms in total. The molecule has 0 fully saturated rings. The average Bonchev–Trinajstić information content (AvgIpc) is 2.37. The zero-order chi connectivity index (χ0) is 14.0. The number of hydrogen-bond donors (Lipinski definition) is 2. The zero-order valence-corrected chi connectivity index (χ0v) is 11.1. The van der Waals surface area contributed by atoms with Gasteiger partial charge in [-0.2, -0.15) is 0 Å². The highest BCUT2D eigenvalue weighted by Gasteiger charge is 2.10.